The molecule has 0 fully saturated rings. The van der Waals surface area contributed by atoms with Crippen LogP contribution in [0.1, 0.15) is 25.2 Å². The highest BCUT2D eigenvalue weighted by molar-refractivity contribution is 5.98. The number of nitriles is 1. The molecule has 33 heavy (non-hydrogen) atoms. The second kappa shape index (κ2) is 7.84. The first-order chi connectivity index (χ1) is 16.0. The molecule has 1 N–H and O–H groups in total. The van der Waals surface area contributed by atoms with Gasteiger partial charge in [-0.3, -0.25) is 14.5 Å². The molecule has 5 rings (SSSR count). The van der Waals surface area contributed by atoms with E-state index in [-0.39, 0.29) is 17.5 Å². The Morgan fingerprint density at radius 2 is 1.70 bits per heavy atom. The predicted octanol–water partition coefficient (Wildman–Crippen LogP) is 4.62. The summed E-state index contributed by atoms with van der Waals surface area (Å²) in [6.07, 6.45) is 5.08. The Kier molecular flexibility index (Phi) is 4.95. The molecule has 3 aromatic heterocycles. The second-order valence-electron chi connectivity index (χ2n) is 8.56. The third-order valence-corrected chi connectivity index (χ3v) is 6.40. The maximum atomic E-state index is 13.2. The molecule has 0 aliphatic heterocycles. The number of benzene rings is 2. The van der Waals surface area contributed by atoms with Crippen molar-refractivity contribution in [2.75, 3.05) is 14.1 Å². The van der Waals surface area contributed by atoms with E-state index in [1.165, 1.54) is 0 Å². The lowest BCUT2D eigenvalue weighted by Gasteiger charge is -2.25. The van der Waals surface area contributed by atoms with Gasteiger partial charge < -0.3 is 9.13 Å². The van der Waals surface area contributed by atoms with Gasteiger partial charge in [-0.05, 0) is 32.6 Å². The zero-order chi connectivity index (χ0) is 23.3. The van der Waals surface area contributed by atoms with Gasteiger partial charge in [-0.1, -0.05) is 43.3 Å². The number of para-hydroxylation sites is 2. The van der Waals surface area contributed by atoms with Gasteiger partial charge in [0.2, 0.25) is 0 Å². The quantitative estimate of drug-likeness (QED) is 0.435. The third-order valence-electron chi connectivity index (χ3n) is 6.40. The molecule has 5 aromatic rings. The van der Waals surface area contributed by atoms with Crippen molar-refractivity contribution >= 4 is 21.8 Å². The topological polar surface area (TPSA) is 74.7 Å². The fourth-order valence-electron chi connectivity index (χ4n) is 4.95. The third kappa shape index (κ3) is 3.11. The van der Waals surface area contributed by atoms with Crippen molar-refractivity contribution in [3.05, 3.63) is 77.1 Å². The Hall–Kier alpha value is -4.02. The van der Waals surface area contributed by atoms with E-state index in [4.69, 9.17) is 0 Å². The summed E-state index contributed by atoms with van der Waals surface area (Å²) < 4.78 is 5.88. The molecule has 7 nitrogen and oxygen atoms in total. The molecule has 166 valence electrons. The van der Waals surface area contributed by atoms with Crippen LogP contribution in [0.5, 0.6) is 0 Å². The Balaban J connectivity index is 1.87. The molecule has 2 aromatic carbocycles. The van der Waals surface area contributed by atoms with Gasteiger partial charge in [0.1, 0.15) is 11.8 Å². The summed E-state index contributed by atoms with van der Waals surface area (Å²) in [4.78, 5) is 18.2. The van der Waals surface area contributed by atoms with Crippen LogP contribution in [0.3, 0.4) is 0 Å². The number of hydrogen-bond acceptors (Lipinski definition) is 3. The fourth-order valence-corrected chi connectivity index (χ4v) is 4.95. The first-order valence-corrected chi connectivity index (χ1v) is 11.0. The number of hydrogen-bond donors (Lipinski definition) is 1. The number of H-pyrrole nitrogens is 1. The number of fused-ring (bicyclic) bond motifs is 2. The molecule has 0 saturated carbocycles. The number of rotatable bonds is 5. The van der Waals surface area contributed by atoms with E-state index < -0.39 is 0 Å². The summed E-state index contributed by atoms with van der Waals surface area (Å²) in [5, 5.41) is 11.9. The zero-order valence-corrected chi connectivity index (χ0v) is 19.2. The maximum absolute atomic E-state index is 13.2. The van der Waals surface area contributed by atoms with Crippen LogP contribution in [0, 0.1) is 11.3 Å². The lowest BCUT2D eigenvalue weighted by molar-refractivity contribution is 0.216. The Morgan fingerprint density at radius 1 is 1.03 bits per heavy atom. The first kappa shape index (κ1) is 20.9. The number of aromatic amines is 1. The Bertz CT molecular complexity index is 1590. The average Bonchev–Trinajstić information content (AvgIpc) is 3.45. The van der Waals surface area contributed by atoms with Crippen LogP contribution in [0.25, 0.3) is 38.8 Å². The average molecular weight is 439 g/mol. The minimum atomic E-state index is -0.325. The predicted molar refractivity (Wildman–Crippen MR) is 132 cm³/mol. The number of imidazole rings is 1. The molecule has 0 aliphatic carbocycles. The van der Waals surface area contributed by atoms with Gasteiger partial charge in [0.05, 0.1) is 23.1 Å². The van der Waals surface area contributed by atoms with Crippen molar-refractivity contribution in [2.45, 2.75) is 19.5 Å². The summed E-state index contributed by atoms with van der Waals surface area (Å²) in [6.45, 7) is 2.15. The molecule has 0 aliphatic rings. The van der Waals surface area contributed by atoms with E-state index in [0.29, 0.717) is 5.69 Å². The van der Waals surface area contributed by atoms with E-state index in [1.807, 2.05) is 54.2 Å². The van der Waals surface area contributed by atoms with Crippen LogP contribution in [0.2, 0.25) is 0 Å². The lowest BCUT2D eigenvalue weighted by atomic mass is 10.1. The molecular weight excluding hydrogens is 412 g/mol. The molecule has 0 spiro atoms. The number of aryl methyl sites for hydroxylation is 1. The molecule has 0 amide bonds. The normalized spacial score (nSPS) is 12.6. The Morgan fingerprint density at radius 3 is 2.36 bits per heavy atom. The lowest BCUT2D eigenvalue weighted by Crippen LogP contribution is -2.24. The summed E-state index contributed by atoms with van der Waals surface area (Å²) >= 11 is 0. The molecular formula is C26H26N6O. The number of aromatic nitrogens is 4. The van der Waals surface area contributed by atoms with E-state index in [1.54, 1.807) is 4.57 Å². The van der Waals surface area contributed by atoms with Gasteiger partial charge >= 0.3 is 5.69 Å². The molecule has 0 radical (unpaired) electrons. The monoisotopic (exact) mass is 438 g/mol. The molecule has 7 heteroatoms. The van der Waals surface area contributed by atoms with Crippen LogP contribution in [0.15, 0.2) is 65.7 Å². The number of nitrogens with zero attached hydrogens (tertiary/aromatic N) is 5. The highest BCUT2D eigenvalue weighted by atomic mass is 16.1. The van der Waals surface area contributed by atoms with Crippen molar-refractivity contribution in [1.29, 1.82) is 5.26 Å². The maximum Gasteiger partial charge on any atom is 0.331 e. The molecule has 3 heterocycles. The zero-order valence-electron chi connectivity index (χ0n) is 19.2. The van der Waals surface area contributed by atoms with E-state index >= 15 is 0 Å². The number of nitrogens with one attached hydrogen (secondary N) is 1. The minimum absolute atomic E-state index is 0.144. The van der Waals surface area contributed by atoms with Crippen molar-refractivity contribution in [2.24, 2.45) is 7.05 Å². The van der Waals surface area contributed by atoms with E-state index in [0.717, 1.165) is 39.5 Å². The smallest absolute Gasteiger partial charge is 0.331 e. The van der Waals surface area contributed by atoms with Crippen LogP contribution in [0.4, 0.5) is 0 Å². The second-order valence-corrected chi connectivity index (χ2v) is 8.56. The SMILES string of the molecule is CCC(N(C)C)n1cc(-c2c(C#N)[nH]c(=O)n2-c2cn(C)c3ccccc23)c2ccccc21. The molecule has 0 bridgehead atoms. The highest BCUT2D eigenvalue weighted by Crippen LogP contribution is 2.36. The largest absolute Gasteiger partial charge is 0.348 e. The van der Waals surface area contributed by atoms with Crippen LogP contribution in [-0.2, 0) is 7.05 Å². The highest BCUT2D eigenvalue weighted by Gasteiger charge is 2.25. The van der Waals surface area contributed by atoms with Gasteiger partial charge in [0.15, 0.2) is 0 Å². The molecule has 1 atom stereocenters. The van der Waals surface area contributed by atoms with Gasteiger partial charge in [-0.25, -0.2) is 4.79 Å². The molecule has 1 unspecified atom stereocenters. The van der Waals surface area contributed by atoms with Crippen molar-refractivity contribution in [3.63, 3.8) is 0 Å². The van der Waals surface area contributed by atoms with E-state index in [9.17, 15) is 10.1 Å². The van der Waals surface area contributed by atoms with Crippen LogP contribution < -0.4 is 5.69 Å². The van der Waals surface area contributed by atoms with Crippen molar-refractivity contribution < 1.29 is 0 Å². The van der Waals surface area contributed by atoms with Crippen molar-refractivity contribution in [1.82, 2.24) is 23.6 Å². The summed E-state index contributed by atoms with van der Waals surface area (Å²) in [5.74, 6) is 0. The summed E-state index contributed by atoms with van der Waals surface area (Å²) in [7, 11) is 6.08. The standard InChI is InChI=1S/C26H26N6O/c1-5-24(29(2)3)31-15-19(17-10-6-9-13-22(17)31)25-20(14-27)28-26(33)32(25)23-16-30(4)21-12-8-7-11-18(21)23/h6-13,15-16,24H,5H2,1-4H3,(H,28,33). The summed E-state index contributed by atoms with van der Waals surface area (Å²) in [6, 6.07) is 18.3. The first-order valence-electron chi connectivity index (χ1n) is 11.0. The Labute approximate surface area is 191 Å². The molecule has 0 saturated heterocycles. The van der Waals surface area contributed by atoms with Crippen LogP contribution in [-0.4, -0.2) is 37.7 Å². The van der Waals surface area contributed by atoms with E-state index in [2.05, 4.69) is 59.9 Å². The minimum Gasteiger partial charge on any atom is -0.348 e. The van der Waals surface area contributed by atoms with Gasteiger partial charge in [0.25, 0.3) is 0 Å². The fraction of sp³-hybridized carbons (Fsp3) is 0.231. The van der Waals surface area contributed by atoms with Gasteiger partial charge in [0, 0.05) is 41.3 Å². The van der Waals surface area contributed by atoms with Gasteiger partial charge in [-0.2, -0.15) is 5.26 Å². The van der Waals surface area contributed by atoms with Crippen molar-refractivity contribution in [3.8, 4) is 23.0 Å². The van der Waals surface area contributed by atoms with Gasteiger partial charge in [-0.15, -0.1) is 0 Å². The van der Waals surface area contributed by atoms with Crippen LogP contribution >= 0.6 is 0 Å². The summed E-state index contributed by atoms with van der Waals surface area (Å²) in [5.41, 5.74) is 4.21.